The first kappa shape index (κ1) is 15.3. The Bertz CT molecular complexity index is 498. The maximum Gasteiger partial charge on any atom is 0.261 e. The summed E-state index contributed by atoms with van der Waals surface area (Å²) < 4.78 is 28.4. The minimum atomic E-state index is -3.70. The summed E-state index contributed by atoms with van der Waals surface area (Å²) in [4.78, 5) is 0.181. The first-order chi connectivity index (χ1) is 8.21. The molecule has 0 heterocycles. The van der Waals surface area contributed by atoms with Crippen LogP contribution >= 0.6 is 10.7 Å². The van der Waals surface area contributed by atoms with Crippen LogP contribution < -0.4 is 4.74 Å². The average molecular weight is 291 g/mol. The van der Waals surface area contributed by atoms with Gasteiger partial charge in [-0.05, 0) is 49.4 Å². The first-order valence-electron chi connectivity index (χ1n) is 5.90. The van der Waals surface area contributed by atoms with Gasteiger partial charge in [0.05, 0.1) is 11.5 Å². The van der Waals surface area contributed by atoms with E-state index in [-0.39, 0.29) is 4.90 Å². The molecule has 18 heavy (non-hydrogen) atoms. The monoisotopic (exact) mass is 290 g/mol. The molecule has 0 aromatic heterocycles. The zero-order valence-corrected chi connectivity index (χ0v) is 12.7. The number of benzene rings is 1. The fourth-order valence-corrected chi connectivity index (χ4v) is 3.41. The third-order valence-corrected chi connectivity index (χ3v) is 4.24. The molecule has 0 aliphatic carbocycles. The summed E-state index contributed by atoms with van der Waals surface area (Å²) in [5.41, 5.74) is 1.23. The molecule has 1 aromatic carbocycles. The van der Waals surface area contributed by atoms with Crippen LogP contribution in [0.3, 0.4) is 0 Å². The van der Waals surface area contributed by atoms with E-state index in [1.807, 2.05) is 0 Å². The van der Waals surface area contributed by atoms with Gasteiger partial charge in [0.2, 0.25) is 0 Å². The van der Waals surface area contributed by atoms with E-state index in [1.54, 1.807) is 26.0 Å². The summed E-state index contributed by atoms with van der Waals surface area (Å²) >= 11 is 0. The van der Waals surface area contributed by atoms with Gasteiger partial charge in [-0.25, -0.2) is 8.42 Å². The smallest absolute Gasteiger partial charge is 0.261 e. The lowest BCUT2D eigenvalue weighted by Gasteiger charge is -2.12. The lowest BCUT2D eigenvalue weighted by Crippen LogP contribution is -2.04. The van der Waals surface area contributed by atoms with Gasteiger partial charge in [-0.15, -0.1) is 0 Å². The Morgan fingerprint density at radius 2 is 1.72 bits per heavy atom. The summed E-state index contributed by atoms with van der Waals surface area (Å²) in [6.45, 7) is 8.32. The second kappa shape index (κ2) is 5.93. The van der Waals surface area contributed by atoms with E-state index in [9.17, 15) is 8.42 Å². The Kier molecular flexibility index (Phi) is 5.05. The number of aryl methyl sites for hydroxylation is 2. The summed E-state index contributed by atoms with van der Waals surface area (Å²) in [7, 11) is 1.70. The minimum absolute atomic E-state index is 0.181. The number of halogens is 1. The number of rotatable bonds is 5. The van der Waals surface area contributed by atoms with Crippen LogP contribution in [-0.4, -0.2) is 15.0 Å². The van der Waals surface area contributed by atoms with Gasteiger partial charge in [-0.2, -0.15) is 0 Å². The average Bonchev–Trinajstić information content (AvgIpc) is 2.12. The first-order valence-corrected chi connectivity index (χ1v) is 8.21. The van der Waals surface area contributed by atoms with E-state index in [1.165, 1.54) is 0 Å². The maximum absolute atomic E-state index is 11.4. The van der Waals surface area contributed by atoms with E-state index < -0.39 is 9.05 Å². The van der Waals surface area contributed by atoms with Crippen molar-refractivity contribution in [3.63, 3.8) is 0 Å². The van der Waals surface area contributed by atoms with Gasteiger partial charge >= 0.3 is 0 Å². The Morgan fingerprint density at radius 1 is 1.22 bits per heavy atom. The fourth-order valence-electron chi connectivity index (χ4n) is 1.79. The highest BCUT2D eigenvalue weighted by Crippen LogP contribution is 2.28. The molecule has 0 radical (unpaired) electrons. The van der Waals surface area contributed by atoms with Gasteiger partial charge in [-0.3, -0.25) is 0 Å². The quantitative estimate of drug-likeness (QED) is 0.777. The zero-order valence-electron chi connectivity index (χ0n) is 11.2. The lowest BCUT2D eigenvalue weighted by atomic mass is 10.1. The minimum Gasteiger partial charge on any atom is -0.494 e. The van der Waals surface area contributed by atoms with Crippen molar-refractivity contribution >= 4 is 19.7 Å². The normalized spacial score (nSPS) is 11.9. The van der Waals surface area contributed by atoms with Crippen molar-refractivity contribution in [1.82, 2.24) is 0 Å². The highest BCUT2D eigenvalue weighted by atomic mass is 35.7. The number of hydrogen-bond acceptors (Lipinski definition) is 3. The number of hydrogen-bond donors (Lipinski definition) is 0. The Labute approximate surface area is 114 Å². The van der Waals surface area contributed by atoms with Gasteiger partial charge < -0.3 is 4.74 Å². The second-order valence-electron chi connectivity index (χ2n) is 4.86. The molecular weight excluding hydrogens is 272 g/mol. The summed E-state index contributed by atoms with van der Waals surface area (Å²) in [5.74, 6) is 1.27. The van der Waals surface area contributed by atoms with Crippen LogP contribution in [0, 0.1) is 19.8 Å². The van der Waals surface area contributed by atoms with Crippen molar-refractivity contribution in [3.8, 4) is 5.75 Å². The third-order valence-electron chi connectivity index (χ3n) is 2.64. The van der Waals surface area contributed by atoms with E-state index in [0.717, 1.165) is 6.42 Å². The van der Waals surface area contributed by atoms with Crippen LogP contribution in [-0.2, 0) is 9.05 Å². The molecule has 5 heteroatoms. The van der Waals surface area contributed by atoms with E-state index in [4.69, 9.17) is 15.4 Å². The highest BCUT2D eigenvalue weighted by Gasteiger charge is 2.17. The molecule has 1 aromatic rings. The topological polar surface area (TPSA) is 43.4 Å². The Morgan fingerprint density at radius 3 is 2.11 bits per heavy atom. The molecule has 0 aliphatic heterocycles. The molecule has 102 valence electrons. The second-order valence-corrected chi connectivity index (χ2v) is 7.36. The predicted octanol–water partition coefficient (Wildman–Crippen LogP) is 3.66. The Balaban J connectivity index is 2.94. The molecule has 0 bridgehead atoms. The lowest BCUT2D eigenvalue weighted by molar-refractivity contribution is 0.289. The standard InChI is InChI=1S/C13H19ClO3S/c1-9(2)5-6-17-12-7-10(3)13(11(4)8-12)18(14,15)16/h7-9H,5-6H2,1-4H3. The summed E-state index contributed by atoms with van der Waals surface area (Å²) in [6.07, 6.45) is 0.966. The molecule has 0 saturated carbocycles. The van der Waals surface area contributed by atoms with Gasteiger partial charge in [0, 0.05) is 10.7 Å². The van der Waals surface area contributed by atoms with Crippen LogP contribution in [0.1, 0.15) is 31.4 Å². The molecule has 1 rings (SSSR count). The van der Waals surface area contributed by atoms with Gasteiger partial charge in [0.1, 0.15) is 5.75 Å². The van der Waals surface area contributed by atoms with Crippen molar-refractivity contribution in [2.24, 2.45) is 5.92 Å². The molecule has 0 unspecified atom stereocenters. The molecule has 3 nitrogen and oxygen atoms in total. The highest BCUT2D eigenvalue weighted by molar-refractivity contribution is 8.13. The van der Waals surface area contributed by atoms with Gasteiger partial charge in [-0.1, -0.05) is 13.8 Å². The van der Waals surface area contributed by atoms with E-state index in [2.05, 4.69) is 13.8 Å². The van der Waals surface area contributed by atoms with Gasteiger partial charge in [0.25, 0.3) is 9.05 Å². The molecule has 0 fully saturated rings. The van der Waals surface area contributed by atoms with Crippen LogP contribution in [0.15, 0.2) is 17.0 Å². The van der Waals surface area contributed by atoms with Crippen LogP contribution in [0.2, 0.25) is 0 Å². The fraction of sp³-hybridized carbons (Fsp3) is 0.538. The van der Waals surface area contributed by atoms with Crippen LogP contribution in [0.25, 0.3) is 0 Å². The van der Waals surface area contributed by atoms with E-state index >= 15 is 0 Å². The van der Waals surface area contributed by atoms with Crippen molar-refractivity contribution in [3.05, 3.63) is 23.3 Å². The molecule has 0 N–H and O–H groups in total. The SMILES string of the molecule is Cc1cc(OCCC(C)C)cc(C)c1S(=O)(=O)Cl. The third kappa shape index (κ3) is 4.18. The summed E-state index contributed by atoms with van der Waals surface area (Å²) in [6, 6.07) is 3.42. The molecule has 0 amide bonds. The zero-order chi connectivity index (χ0) is 13.9. The largest absolute Gasteiger partial charge is 0.494 e. The molecule has 0 spiro atoms. The van der Waals surface area contributed by atoms with Gasteiger partial charge in [0.15, 0.2) is 0 Å². The van der Waals surface area contributed by atoms with Crippen molar-refractivity contribution < 1.29 is 13.2 Å². The van der Waals surface area contributed by atoms with Crippen molar-refractivity contribution in [2.75, 3.05) is 6.61 Å². The van der Waals surface area contributed by atoms with Crippen LogP contribution in [0.4, 0.5) is 0 Å². The molecule has 0 aliphatic rings. The molecular formula is C13H19ClO3S. The molecule has 0 saturated heterocycles. The maximum atomic E-state index is 11.4. The van der Waals surface area contributed by atoms with Crippen LogP contribution in [0.5, 0.6) is 5.75 Å². The predicted molar refractivity (Wildman–Crippen MR) is 73.9 cm³/mol. The number of ether oxygens (including phenoxy) is 1. The Hall–Kier alpha value is -0.740. The summed E-state index contributed by atoms with van der Waals surface area (Å²) in [5, 5.41) is 0. The van der Waals surface area contributed by atoms with Crippen molar-refractivity contribution in [2.45, 2.75) is 39.0 Å². The molecule has 0 atom stereocenters. The van der Waals surface area contributed by atoms with E-state index in [0.29, 0.717) is 29.4 Å². The van der Waals surface area contributed by atoms with Crippen molar-refractivity contribution in [1.29, 1.82) is 0 Å².